The van der Waals surface area contributed by atoms with Crippen molar-refractivity contribution in [1.82, 2.24) is 9.97 Å². The van der Waals surface area contributed by atoms with Crippen molar-refractivity contribution in [3.05, 3.63) is 46.5 Å². The molecule has 0 aliphatic rings. The van der Waals surface area contributed by atoms with Gasteiger partial charge in [-0.15, -0.1) is 0 Å². The van der Waals surface area contributed by atoms with E-state index < -0.39 is 5.56 Å². The smallest absolute Gasteiger partial charge is 0.254 e. The van der Waals surface area contributed by atoms with E-state index in [2.05, 4.69) is 9.97 Å². The SMILES string of the molecule is Nc1ccccc1OCc1nc(O)cc(=O)[nH]1. The number of ether oxygens (including phenoxy) is 1. The number of nitrogens with two attached hydrogens (primary N) is 1. The second-order valence-corrected chi connectivity index (χ2v) is 3.38. The van der Waals surface area contributed by atoms with E-state index in [1.165, 1.54) is 0 Å². The molecule has 0 saturated carbocycles. The quantitative estimate of drug-likeness (QED) is 0.675. The minimum absolute atomic E-state index is 0.0256. The summed E-state index contributed by atoms with van der Waals surface area (Å²) in [7, 11) is 0. The normalized spacial score (nSPS) is 10.1. The highest BCUT2D eigenvalue weighted by molar-refractivity contribution is 5.51. The Morgan fingerprint density at radius 3 is 2.88 bits per heavy atom. The van der Waals surface area contributed by atoms with Crippen molar-refractivity contribution in [3.8, 4) is 11.6 Å². The molecule has 0 bridgehead atoms. The zero-order chi connectivity index (χ0) is 12.3. The van der Waals surface area contributed by atoms with Crippen LogP contribution in [0.15, 0.2) is 35.1 Å². The lowest BCUT2D eigenvalue weighted by molar-refractivity contribution is 0.294. The van der Waals surface area contributed by atoms with Crippen LogP contribution in [-0.2, 0) is 6.61 Å². The minimum Gasteiger partial charge on any atom is -0.493 e. The van der Waals surface area contributed by atoms with Crippen LogP contribution < -0.4 is 16.0 Å². The van der Waals surface area contributed by atoms with Crippen LogP contribution in [0.25, 0.3) is 0 Å². The zero-order valence-electron chi connectivity index (χ0n) is 8.88. The summed E-state index contributed by atoms with van der Waals surface area (Å²) in [4.78, 5) is 17.2. The third kappa shape index (κ3) is 2.75. The summed E-state index contributed by atoms with van der Waals surface area (Å²) in [5.41, 5.74) is 5.74. The second kappa shape index (κ2) is 4.56. The van der Waals surface area contributed by atoms with E-state index in [-0.39, 0.29) is 18.3 Å². The summed E-state index contributed by atoms with van der Waals surface area (Å²) in [6.07, 6.45) is 0. The van der Waals surface area contributed by atoms with Crippen molar-refractivity contribution in [3.63, 3.8) is 0 Å². The van der Waals surface area contributed by atoms with Gasteiger partial charge in [0.25, 0.3) is 5.56 Å². The van der Waals surface area contributed by atoms with Crippen molar-refractivity contribution in [1.29, 1.82) is 0 Å². The molecule has 6 nitrogen and oxygen atoms in total. The van der Waals surface area contributed by atoms with Gasteiger partial charge in [0.15, 0.2) is 5.82 Å². The monoisotopic (exact) mass is 233 g/mol. The predicted octanol–water partition coefficient (Wildman–Crippen LogP) is 0.637. The number of aromatic hydroxyl groups is 1. The Hall–Kier alpha value is -2.50. The summed E-state index contributed by atoms with van der Waals surface area (Å²) in [5.74, 6) is 0.394. The Morgan fingerprint density at radius 2 is 2.18 bits per heavy atom. The number of aromatic amines is 1. The third-order valence-electron chi connectivity index (χ3n) is 2.06. The molecule has 4 N–H and O–H groups in total. The first-order chi connectivity index (χ1) is 8.15. The van der Waals surface area contributed by atoms with Crippen LogP contribution in [0.2, 0.25) is 0 Å². The highest BCUT2D eigenvalue weighted by atomic mass is 16.5. The average molecular weight is 233 g/mol. The fourth-order valence-electron chi connectivity index (χ4n) is 1.32. The molecule has 0 aliphatic heterocycles. The number of nitrogens with zero attached hydrogens (tertiary/aromatic N) is 1. The fourth-order valence-corrected chi connectivity index (χ4v) is 1.32. The van der Waals surface area contributed by atoms with Gasteiger partial charge in [-0.2, -0.15) is 4.98 Å². The lowest BCUT2D eigenvalue weighted by Crippen LogP contribution is -2.11. The second-order valence-electron chi connectivity index (χ2n) is 3.38. The van der Waals surface area contributed by atoms with Gasteiger partial charge in [0.1, 0.15) is 12.4 Å². The molecule has 0 fully saturated rings. The van der Waals surface area contributed by atoms with Crippen LogP contribution in [0.5, 0.6) is 11.6 Å². The first-order valence-corrected chi connectivity index (χ1v) is 4.91. The van der Waals surface area contributed by atoms with E-state index in [1.54, 1.807) is 24.3 Å². The van der Waals surface area contributed by atoms with Crippen LogP contribution in [0.1, 0.15) is 5.82 Å². The zero-order valence-corrected chi connectivity index (χ0v) is 8.88. The summed E-state index contributed by atoms with van der Waals surface area (Å²) in [6, 6.07) is 7.96. The molecule has 0 spiro atoms. The van der Waals surface area contributed by atoms with Crippen molar-refractivity contribution in [2.45, 2.75) is 6.61 Å². The molecule has 6 heteroatoms. The van der Waals surface area contributed by atoms with Gasteiger partial charge in [0, 0.05) is 0 Å². The van der Waals surface area contributed by atoms with Crippen molar-refractivity contribution >= 4 is 5.69 Å². The standard InChI is InChI=1S/C11H11N3O3/c12-7-3-1-2-4-8(7)17-6-9-13-10(15)5-11(16)14-9/h1-5H,6,12H2,(H2,13,14,15,16). The highest BCUT2D eigenvalue weighted by Crippen LogP contribution is 2.20. The van der Waals surface area contributed by atoms with Crippen LogP contribution in [0.4, 0.5) is 5.69 Å². The van der Waals surface area contributed by atoms with Crippen LogP contribution in [0.3, 0.4) is 0 Å². The molecule has 17 heavy (non-hydrogen) atoms. The molecular weight excluding hydrogens is 222 g/mol. The highest BCUT2D eigenvalue weighted by Gasteiger charge is 2.03. The Kier molecular flexibility index (Phi) is 2.95. The number of nitrogen functional groups attached to an aromatic ring is 1. The number of benzene rings is 1. The number of para-hydroxylation sites is 2. The molecule has 1 aromatic carbocycles. The van der Waals surface area contributed by atoms with E-state index in [0.717, 1.165) is 6.07 Å². The Labute approximate surface area is 96.7 Å². The van der Waals surface area contributed by atoms with Gasteiger partial charge in [0.2, 0.25) is 5.88 Å². The molecule has 2 aromatic rings. The maximum atomic E-state index is 11.1. The molecule has 1 aromatic heterocycles. The molecule has 0 aliphatic carbocycles. The number of rotatable bonds is 3. The minimum atomic E-state index is -0.433. The fraction of sp³-hybridized carbons (Fsp3) is 0.0909. The van der Waals surface area contributed by atoms with E-state index >= 15 is 0 Å². The summed E-state index contributed by atoms with van der Waals surface area (Å²) < 4.78 is 5.36. The summed E-state index contributed by atoms with van der Waals surface area (Å²) in [6.45, 7) is 0.0256. The lowest BCUT2D eigenvalue weighted by atomic mass is 10.3. The molecule has 88 valence electrons. The molecule has 0 unspecified atom stereocenters. The van der Waals surface area contributed by atoms with Crippen molar-refractivity contribution < 1.29 is 9.84 Å². The maximum Gasteiger partial charge on any atom is 0.254 e. The van der Waals surface area contributed by atoms with Crippen molar-refractivity contribution in [2.24, 2.45) is 0 Å². The van der Waals surface area contributed by atoms with E-state index in [0.29, 0.717) is 11.4 Å². The number of anilines is 1. The van der Waals surface area contributed by atoms with Gasteiger partial charge in [-0.25, -0.2) is 0 Å². The van der Waals surface area contributed by atoms with Crippen LogP contribution in [-0.4, -0.2) is 15.1 Å². The summed E-state index contributed by atoms with van der Waals surface area (Å²) in [5, 5.41) is 9.13. The number of aromatic nitrogens is 2. The first-order valence-electron chi connectivity index (χ1n) is 4.91. The Morgan fingerprint density at radius 1 is 1.41 bits per heavy atom. The third-order valence-corrected chi connectivity index (χ3v) is 2.06. The molecule has 0 radical (unpaired) electrons. The number of hydrogen-bond donors (Lipinski definition) is 3. The molecule has 0 amide bonds. The van der Waals surface area contributed by atoms with E-state index in [9.17, 15) is 4.79 Å². The van der Waals surface area contributed by atoms with Gasteiger partial charge >= 0.3 is 0 Å². The molecular formula is C11H11N3O3. The van der Waals surface area contributed by atoms with Gasteiger partial charge < -0.3 is 20.6 Å². The van der Waals surface area contributed by atoms with E-state index in [1.807, 2.05) is 0 Å². The number of H-pyrrole nitrogens is 1. The Bertz CT molecular complexity index is 580. The Balaban J connectivity index is 2.13. The lowest BCUT2D eigenvalue weighted by Gasteiger charge is -2.07. The predicted molar refractivity (Wildman–Crippen MR) is 61.7 cm³/mol. The molecule has 2 rings (SSSR count). The largest absolute Gasteiger partial charge is 0.493 e. The number of hydrogen-bond acceptors (Lipinski definition) is 5. The van der Waals surface area contributed by atoms with E-state index in [4.69, 9.17) is 15.6 Å². The first kappa shape index (κ1) is 11.0. The average Bonchev–Trinajstić information content (AvgIpc) is 2.27. The van der Waals surface area contributed by atoms with Gasteiger partial charge in [-0.05, 0) is 12.1 Å². The topological polar surface area (TPSA) is 101 Å². The van der Waals surface area contributed by atoms with Gasteiger partial charge in [-0.3, -0.25) is 4.79 Å². The van der Waals surface area contributed by atoms with Gasteiger partial charge in [-0.1, -0.05) is 12.1 Å². The molecule has 1 heterocycles. The molecule has 0 saturated heterocycles. The maximum absolute atomic E-state index is 11.1. The molecule has 0 atom stereocenters. The van der Waals surface area contributed by atoms with Crippen LogP contribution in [0, 0.1) is 0 Å². The van der Waals surface area contributed by atoms with Crippen molar-refractivity contribution in [2.75, 3.05) is 5.73 Å². The van der Waals surface area contributed by atoms with Crippen LogP contribution >= 0.6 is 0 Å². The summed E-state index contributed by atoms with van der Waals surface area (Å²) >= 11 is 0. The van der Waals surface area contributed by atoms with Gasteiger partial charge in [0.05, 0.1) is 11.8 Å². The number of nitrogens with one attached hydrogen (secondary N) is 1.